The third-order valence-electron chi connectivity index (χ3n) is 4.42. The minimum absolute atomic E-state index is 0. The molecule has 3 unspecified atom stereocenters. The van der Waals surface area contributed by atoms with Gasteiger partial charge in [-0.05, 0) is 38.1 Å². The molecule has 0 aromatic heterocycles. The summed E-state index contributed by atoms with van der Waals surface area (Å²) in [4.78, 5) is 13.5. The monoisotopic (exact) mass is 379 g/mol. The lowest BCUT2D eigenvalue weighted by Crippen LogP contribution is -2.40. The molecule has 2 aliphatic rings. The summed E-state index contributed by atoms with van der Waals surface area (Å²) in [6.07, 6.45) is 0.0961. The van der Waals surface area contributed by atoms with Crippen LogP contribution in [0.4, 0.5) is 13.2 Å². The number of nitrogens with zero attached hydrogens (tertiary/aromatic N) is 1. The Morgan fingerprint density at radius 3 is 2.52 bits per heavy atom. The minimum Gasteiger partial charge on any atom is -0.356 e. The molecule has 23 heavy (non-hydrogen) atoms. The lowest BCUT2D eigenvalue weighted by Gasteiger charge is -2.26. The van der Waals surface area contributed by atoms with Gasteiger partial charge in [0.1, 0.15) is 0 Å². The van der Waals surface area contributed by atoms with Crippen LogP contribution in [0.1, 0.15) is 32.1 Å². The van der Waals surface area contributed by atoms with Crippen molar-refractivity contribution in [3.8, 4) is 0 Å². The molecule has 0 aromatic carbocycles. The van der Waals surface area contributed by atoms with Crippen molar-refractivity contribution < 1.29 is 18.0 Å². The number of carbonyl (C=O) groups is 1. The van der Waals surface area contributed by atoms with E-state index in [-0.39, 0.29) is 48.6 Å². The lowest BCUT2D eigenvalue weighted by atomic mass is 9.85. The van der Waals surface area contributed by atoms with Gasteiger partial charge in [-0.1, -0.05) is 6.42 Å². The highest BCUT2D eigenvalue weighted by Crippen LogP contribution is 2.24. The molecular weight excluding hydrogens is 354 g/mol. The average Bonchev–Trinajstić information content (AvgIpc) is 2.81. The molecule has 3 atom stereocenters. The average molecular weight is 380 g/mol. The van der Waals surface area contributed by atoms with Crippen molar-refractivity contribution in [2.24, 2.45) is 17.6 Å². The molecule has 4 nitrogen and oxygen atoms in total. The number of halogens is 5. The Kier molecular flexibility index (Phi) is 9.81. The lowest BCUT2D eigenvalue weighted by molar-refractivity contribution is -0.143. The third-order valence-corrected chi connectivity index (χ3v) is 4.42. The van der Waals surface area contributed by atoms with E-state index in [2.05, 4.69) is 5.32 Å². The van der Waals surface area contributed by atoms with E-state index in [0.717, 1.165) is 25.7 Å². The highest BCUT2D eigenvalue weighted by Gasteiger charge is 2.34. The molecule has 0 bridgehead atoms. The van der Waals surface area contributed by atoms with Crippen LogP contribution in [-0.2, 0) is 4.79 Å². The number of likely N-dealkylation sites (tertiary alicyclic amines) is 1. The molecule has 0 aromatic rings. The zero-order chi connectivity index (χ0) is 15.5. The van der Waals surface area contributed by atoms with Gasteiger partial charge in [-0.3, -0.25) is 9.69 Å². The Balaban J connectivity index is 0.00000242. The summed E-state index contributed by atoms with van der Waals surface area (Å²) in [5, 5.41) is 2.90. The Morgan fingerprint density at radius 2 is 1.91 bits per heavy atom. The number of hydrogen-bond acceptors (Lipinski definition) is 3. The second-order valence-corrected chi connectivity index (χ2v) is 6.37. The molecule has 9 heteroatoms. The molecule has 1 aliphatic heterocycles. The second kappa shape index (κ2) is 9.91. The van der Waals surface area contributed by atoms with Crippen molar-refractivity contribution in [1.29, 1.82) is 0 Å². The van der Waals surface area contributed by atoms with Gasteiger partial charge in [-0.15, -0.1) is 24.8 Å². The van der Waals surface area contributed by atoms with Crippen molar-refractivity contribution in [3.05, 3.63) is 0 Å². The minimum atomic E-state index is -4.14. The van der Waals surface area contributed by atoms with Crippen molar-refractivity contribution in [2.75, 3.05) is 26.2 Å². The number of rotatable bonds is 4. The van der Waals surface area contributed by atoms with E-state index in [1.807, 2.05) is 0 Å². The number of hydrogen-bond donors (Lipinski definition) is 2. The van der Waals surface area contributed by atoms with Crippen molar-refractivity contribution in [2.45, 2.75) is 44.3 Å². The summed E-state index contributed by atoms with van der Waals surface area (Å²) >= 11 is 0. The quantitative estimate of drug-likeness (QED) is 0.787. The molecule has 1 heterocycles. The zero-order valence-electron chi connectivity index (χ0n) is 13.0. The molecule has 0 spiro atoms. The van der Waals surface area contributed by atoms with E-state index in [1.54, 1.807) is 0 Å². The largest absolute Gasteiger partial charge is 0.401 e. The molecule has 0 radical (unpaired) electrons. The fourth-order valence-corrected chi connectivity index (χ4v) is 3.33. The Bertz CT molecular complexity index is 372. The standard InChI is InChI=1S/C14H24F3N3O.2ClH/c15-14(16,17)9-20-5-4-10(8-20)7-19-13(21)11-2-1-3-12(18)6-11;;/h10-12H,1-9,18H2,(H,19,21);2*1H. The maximum Gasteiger partial charge on any atom is 0.401 e. The van der Waals surface area contributed by atoms with Crippen LogP contribution in [0.25, 0.3) is 0 Å². The number of nitrogens with two attached hydrogens (primary N) is 1. The molecule has 1 aliphatic carbocycles. The Hall–Kier alpha value is -0.240. The van der Waals surface area contributed by atoms with Crippen molar-refractivity contribution >= 4 is 30.7 Å². The molecule has 1 saturated heterocycles. The van der Waals surface area contributed by atoms with E-state index < -0.39 is 12.7 Å². The number of nitrogens with one attached hydrogen (secondary N) is 1. The predicted octanol–water partition coefficient (Wildman–Crippen LogP) is 2.35. The summed E-state index contributed by atoms with van der Waals surface area (Å²) in [6, 6.07) is 0.100. The van der Waals surface area contributed by atoms with Gasteiger partial charge in [0.25, 0.3) is 0 Å². The van der Waals surface area contributed by atoms with Crippen LogP contribution in [0, 0.1) is 11.8 Å². The molecule has 1 amide bonds. The highest BCUT2D eigenvalue weighted by atomic mass is 35.5. The van der Waals surface area contributed by atoms with Crippen LogP contribution in [-0.4, -0.2) is 49.2 Å². The molecule has 3 N–H and O–H groups in total. The summed E-state index contributed by atoms with van der Waals surface area (Å²) in [5.74, 6) is 0.106. The molecule has 2 fully saturated rings. The van der Waals surface area contributed by atoms with Crippen LogP contribution in [0.3, 0.4) is 0 Å². The van der Waals surface area contributed by atoms with E-state index >= 15 is 0 Å². The smallest absolute Gasteiger partial charge is 0.356 e. The normalized spacial score (nSPS) is 28.6. The van der Waals surface area contributed by atoms with Gasteiger partial charge in [0.05, 0.1) is 6.54 Å². The van der Waals surface area contributed by atoms with Gasteiger partial charge >= 0.3 is 6.18 Å². The Morgan fingerprint density at radius 1 is 1.22 bits per heavy atom. The van der Waals surface area contributed by atoms with Gasteiger partial charge in [0.15, 0.2) is 0 Å². The van der Waals surface area contributed by atoms with Gasteiger partial charge in [0, 0.05) is 25.0 Å². The van der Waals surface area contributed by atoms with E-state index in [1.165, 1.54) is 4.90 Å². The van der Waals surface area contributed by atoms with Crippen LogP contribution in [0.2, 0.25) is 0 Å². The predicted molar refractivity (Wildman–Crippen MR) is 88.0 cm³/mol. The topological polar surface area (TPSA) is 58.4 Å². The number of amides is 1. The molecule has 1 saturated carbocycles. The molecule has 138 valence electrons. The highest BCUT2D eigenvalue weighted by molar-refractivity contribution is 5.85. The van der Waals surface area contributed by atoms with E-state index in [9.17, 15) is 18.0 Å². The van der Waals surface area contributed by atoms with Gasteiger partial charge < -0.3 is 11.1 Å². The SMILES string of the molecule is Cl.Cl.NC1CCCC(C(=O)NCC2CCN(CC(F)(F)F)C2)C1. The number of carbonyl (C=O) groups excluding carboxylic acids is 1. The van der Waals surface area contributed by atoms with Gasteiger partial charge in [-0.2, -0.15) is 13.2 Å². The van der Waals surface area contributed by atoms with E-state index in [0.29, 0.717) is 26.1 Å². The third kappa shape index (κ3) is 7.92. The van der Waals surface area contributed by atoms with E-state index in [4.69, 9.17) is 5.73 Å². The number of alkyl halides is 3. The van der Waals surface area contributed by atoms with Crippen molar-refractivity contribution in [1.82, 2.24) is 10.2 Å². The zero-order valence-corrected chi connectivity index (χ0v) is 14.6. The first-order valence-corrected chi connectivity index (χ1v) is 7.66. The fourth-order valence-electron chi connectivity index (χ4n) is 3.33. The summed E-state index contributed by atoms with van der Waals surface area (Å²) in [6.45, 7) is 0.478. The fraction of sp³-hybridized carbons (Fsp3) is 0.929. The maximum absolute atomic E-state index is 12.3. The Labute approximate surface area is 147 Å². The first-order chi connectivity index (χ1) is 9.83. The van der Waals surface area contributed by atoms with Crippen LogP contribution in [0.5, 0.6) is 0 Å². The summed E-state index contributed by atoms with van der Waals surface area (Å²) in [7, 11) is 0. The van der Waals surface area contributed by atoms with Crippen LogP contribution in [0.15, 0.2) is 0 Å². The summed E-state index contributed by atoms with van der Waals surface area (Å²) < 4.78 is 36.9. The summed E-state index contributed by atoms with van der Waals surface area (Å²) in [5.41, 5.74) is 5.86. The first-order valence-electron chi connectivity index (χ1n) is 7.66. The van der Waals surface area contributed by atoms with Crippen LogP contribution >= 0.6 is 24.8 Å². The van der Waals surface area contributed by atoms with Crippen molar-refractivity contribution in [3.63, 3.8) is 0 Å². The second-order valence-electron chi connectivity index (χ2n) is 6.37. The molecular formula is C14H26Cl2F3N3O. The van der Waals surface area contributed by atoms with Crippen LogP contribution < -0.4 is 11.1 Å². The molecule has 2 rings (SSSR count). The first kappa shape index (κ1) is 22.8. The van der Waals surface area contributed by atoms with Gasteiger partial charge in [0.2, 0.25) is 5.91 Å². The van der Waals surface area contributed by atoms with Gasteiger partial charge in [-0.25, -0.2) is 0 Å². The maximum atomic E-state index is 12.3.